The summed E-state index contributed by atoms with van der Waals surface area (Å²) in [5, 5.41) is 8.15. The molecule has 2 rings (SSSR count). The molecular formula is C21H35N5. The Labute approximate surface area is 158 Å². The quantitative estimate of drug-likeness (QED) is 0.328. The highest BCUT2D eigenvalue weighted by atomic mass is 15.2. The Morgan fingerprint density at radius 3 is 2.54 bits per heavy atom. The molecule has 0 spiro atoms. The van der Waals surface area contributed by atoms with Gasteiger partial charge in [0.05, 0.1) is 0 Å². The average molecular weight is 358 g/mol. The zero-order valence-electron chi connectivity index (χ0n) is 16.6. The number of aromatic nitrogens is 1. The lowest BCUT2D eigenvalue weighted by Gasteiger charge is -2.12. The van der Waals surface area contributed by atoms with Crippen molar-refractivity contribution in [3.05, 3.63) is 36.0 Å². The maximum atomic E-state index is 4.32. The maximum absolute atomic E-state index is 4.32. The van der Waals surface area contributed by atoms with Gasteiger partial charge in [-0.05, 0) is 51.5 Å². The van der Waals surface area contributed by atoms with E-state index in [1.807, 2.05) is 7.05 Å². The first kappa shape index (κ1) is 20.3. The molecular weight excluding hydrogens is 322 g/mol. The summed E-state index contributed by atoms with van der Waals surface area (Å²) in [7, 11) is 6.12. The lowest BCUT2D eigenvalue weighted by Crippen LogP contribution is -2.38. The number of H-pyrrole nitrogens is 1. The van der Waals surface area contributed by atoms with Crippen molar-refractivity contribution in [3.63, 3.8) is 0 Å². The number of aliphatic imine (C=N–C) groups is 1. The van der Waals surface area contributed by atoms with Crippen LogP contribution in [0.5, 0.6) is 0 Å². The monoisotopic (exact) mass is 357 g/mol. The lowest BCUT2D eigenvalue weighted by molar-refractivity contribution is 0.389. The third-order valence-electron chi connectivity index (χ3n) is 4.66. The Hall–Kier alpha value is -2.01. The van der Waals surface area contributed by atoms with Crippen molar-refractivity contribution in [2.45, 2.75) is 38.5 Å². The van der Waals surface area contributed by atoms with Crippen molar-refractivity contribution >= 4 is 16.9 Å². The molecule has 0 unspecified atom stereocenters. The third kappa shape index (κ3) is 7.08. The molecule has 1 heterocycles. The summed E-state index contributed by atoms with van der Waals surface area (Å²) in [5.41, 5.74) is 2.55. The number of guanidine groups is 1. The van der Waals surface area contributed by atoms with Crippen LogP contribution in [0.15, 0.2) is 35.5 Å². The largest absolute Gasteiger partial charge is 0.361 e. The molecule has 144 valence electrons. The number of fused-ring (bicyclic) bond motifs is 1. The van der Waals surface area contributed by atoms with Crippen LogP contribution >= 0.6 is 0 Å². The Bertz CT molecular complexity index is 659. The number of hydrogen-bond donors (Lipinski definition) is 3. The van der Waals surface area contributed by atoms with Gasteiger partial charge in [-0.2, -0.15) is 0 Å². The van der Waals surface area contributed by atoms with Crippen molar-refractivity contribution < 1.29 is 0 Å². The van der Waals surface area contributed by atoms with Crippen LogP contribution in [0.25, 0.3) is 10.9 Å². The van der Waals surface area contributed by atoms with E-state index in [0.717, 1.165) is 25.5 Å². The predicted molar refractivity (Wildman–Crippen MR) is 113 cm³/mol. The topological polar surface area (TPSA) is 55.5 Å². The summed E-state index contributed by atoms with van der Waals surface area (Å²) in [5.74, 6) is 0.900. The van der Waals surface area contributed by atoms with Crippen LogP contribution < -0.4 is 10.6 Å². The summed E-state index contributed by atoms with van der Waals surface area (Å²) in [6.45, 7) is 3.07. The minimum absolute atomic E-state index is 0.881. The van der Waals surface area contributed by atoms with E-state index in [1.54, 1.807) is 0 Å². The van der Waals surface area contributed by atoms with Gasteiger partial charge in [-0.1, -0.05) is 37.5 Å². The third-order valence-corrected chi connectivity index (χ3v) is 4.66. The van der Waals surface area contributed by atoms with E-state index in [2.05, 4.69) is 70.1 Å². The molecule has 0 amide bonds. The molecule has 1 aromatic carbocycles. The zero-order valence-corrected chi connectivity index (χ0v) is 16.6. The number of nitrogens with one attached hydrogen (secondary N) is 3. The molecule has 0 aliphatic rings. The predicted octanol–water partition coefficient (Wildman–Crippen LogP) is 3.39. The minimum Gasteiger partial charge on any atom is -0.361 e. The normalized spacial score (nSPS) is 12.1. The van der Waals surface area contributed by atoms with Gasteiger partial charge in [0.25, 0.3) is 0 Å². The first-order valence-corrected chi connectivity index (χ1v) is 9.85. The van der Waals surface area contributed by atoms with Gasteiger partial charge in [0.2, 0.25) is 0 Å². The number of hydrogen-bond acceptors (Lipinski definition) is 2. The Kier molecular flexibility index (Phi) is 9.04. The molecule has 0 radical (unpaired) electrons. The summed E-state index contributed by atoms with van der Waals surface area (Å²) in [4.78, 5) is 9.91. The number of nitrogens with zero attached hydrogens (tertiary/aromatic N) is 2. The van der Waals surface area contributed by atoms with Crippen LogP contribution in [-0.4, -0.2) is 56.6 Å². The second-order valence-corrected chi connectivity index (χ2v) is 7.11. The summed E-state index contributed by atoms with van der Waals surface area (Å²) < 4.78 is 0. The van der Waals surface area contributed by atoms with E-state index in [-0.39, 0.29) is 0 Å². The molecule has 0 aliphatic heterocycles. The molecule has 0 saturated heterocycles. The molecule has 5 nitrogen and oxygen atoms in total. The van der Waals surface area contributed by atoms with E-state index >= 15 is 0 Å². The van der Waals surface area contributed by atoms with Crippen molar-refractivity contribution in [3.8, 4) is 0 Å². The van der Waals surface area contributed by atoms with Gasteiger partial charge >= 0.3 is 0 Å². The van der Waals surface area contributed by atoms with Crippen LogP contribution in [0.2, 0.25) is 0 Å². The second-order valence-electron chi connectivity index (χ2n) is 7.11. The number of benzene rings is 1. The van der Waals surface area contributed by atoms with Gasteiger partial charge < -0.3 is 20.5 Å². The summed E-state index contributed by atoms with van der Waals surface area (Å²) in [6, 6.07) is 8.45. The Morgan fingerprint density at radius 1 is 1.00 bits per heavy atom. The molecule has 0 aliphatic carbocycles. The van der Waals surface area contributed by atoms with Crippen LogP contribution in [0.3, 0.4) is 0 Å². The van der Waals surface area contributed by atoms with Crippen LogP contribution in [0.1, 0.15) is 37.7 Å². The van der Waals surface area contributed by atoms with Crippen molar-refractivity contribution in [2.24, 2.45) is 4.99 Å². The van der Waals surface area contributed by atoms with Crippen LogP contribution in [0.4, 0.5) is 0 Å². The van der Waals surface area contributed by atoms with Gasteiger partial charge in [0, 0.05) is 37.2 Å². The average Bonchev–Trinajstić information content (AvgIpc) is 3.05. The summed E-state index contributed by atoms with van der Waals surface area (Å²) >= 11 is 0. The fourth-order valence-electron chi connectivity index (χ4n) is 3.16. The molecule has 1 aromatic heterocycles. The smallest absolute Gasteiger partial charge is 0.190 e. The van der Waals surface area contributed by atoms with Crippen molar-refractivity contribution in [2.75, 3.05) is 40.8 Å². The SMILES string of the molecule is CN=C(NCCCCCCCN(C)C)NCCc1c[nH]c2ccccc12. The van der Waals surface area contributed by atoms with Gasteiger partial charge in [-0.15, -0.1) is 0 Å². The van der Waals surface area contributed by atoms with Crippen LogP contribution in [-0.2, 0) is 6.42 Å². The second kappa shape index (κ2) is 11.6. The highest BCUT2D eigenvalue weighted by Crippen LogP contribution is 2.17. The van der Waals surface area contributed by atoms with Crippen molar-refractivity contribution in [1.82, 2.24) is 20.5 Å². The number of unbranched alkanes of at least 4 members (excludes halogenated alkanes) is 4. The zero-order chi connectivity index (χ0) is 18.6. The maximum Gasteiger partial charge on any atom is 0.190 e. The van der Waals surface area contributed by atoms with Gasteiger partial charge in [-0.25, -0.2) is 0 Å². The van der Waals surface area contributed by atoms with Gasteiger partial charge in [0.15, 0.2) is 5.96 Å². The first-order valence-electron chi connectivity index (χ1n) is 9.85. The highest BCUT2D eigenvalue weighted by molar-refractivity contribution is 5.83. The molecule has 2 aromatic rings. The van der Waals surface area contributed by atoms with E-state index in [4.69, 9.17) is 0 Å². The van der Waals surface area contributed by atoms with Crippen LogP contribution in [0, 0.1) is 0 Å². The Morgan fingerprint density at radius 2 is 1.73 bits per heavy atom. The first-order chi connectivity index (χ1) is 12.7. The number of aromatic amines is 1. The molecule has 26 heavy (non-hydrogen) atoms. The number of para-hydroxylation sites is 1. The van der Waals surface area contributed by atoms with Gasteiger partial charge in [-0.3, -0.25) is 4.99 Å². The van der Waals surface area contributed by atoms with E-state index in [1.165, 1.54) is 55.1 Å². The fourth-order valence-corrected chi connectivity index (χ4v) is 3.16. The lowest BCUT2D eigenvalue weighted by atomic mass is 10.1. The van der Waals surface area contributed by atoms with E-state index in [0.29, 0.717) is 0 Å². The molecule has 0 fully saturated rings. The molecule has 0 atom stereocenters. The fraction of sp³-hybridized carbons (Fsp3) is 0.571. The highest BCUT2D eigenvalue weighted by Gasteiger charge is 2.03. The van der Waals surface area contributed by atoms with E-state index in [9.17, 15) is 0 Å². The van der Waals surface area contributed by atoms with Gasteiger partial charge in [0.1, 0.15) is 0 Å². The molecule has 0 bridgehead atoms. The minimum atomic E-state index is 0.881. The molecule has 3 N–H and O–H groups in total. The number of rotatable bonds is 11. The standard InChI is InChI=1S/C21H35N5/c1-22-21(23-14-9-5-4-6-10-16-26(2)3)24-15-13-18-17-25-20-12-8-7-11-19(18)20/h7-8,11-12,17,25H,4-6,9-10,13-16H2,1-3H3,(H2,22,23,24). The Balaban J connectivity index is 1.57. The summed E-state index contributed by atoms with van der Waals surface area (Å²) in [6.07, 6.45) is 9.53. The van der Waals surface area contributed by atoms with E-state index < -0.39 is 0 Å². The van der Waals surface area contributed by atoms with Crippen molar-refractivity contribution in [1.29, 1.82) is 0 Å². The molecule has 5 heteroatoms. The molecule has 0 saturated carbocycles.